The van der Waals surface area contributed by atoms with Gasteiger partial charge in [0, 0.05) is 24.5 Å². The van der Waals surface area contributed by atoms with Crippen LogP contribution in [0.2, 0.25) is 0 Å². The summed E-state index contributed by atoms with van der Waals surface area (Å²) in [7, 11) is 0. The van der Waals surface area contributed by atoms with Crippen molar-refractivity contribution in [2.75, 3.05) is 36.5 Å². The minimum absolute atomic E-state index is 0.164. The second-order valence-corrected chi connectivity index (χ2v) is 8.36. The summed E-state index contributed by atoms with van der Waals surface area (Å²) in [6.45, 7) is 4.99. The average Bonchev–Trinajstić information content (AvgIpc) is 3.18. The zero-order valence-electron chi connectivity index (χ0n) is 17.2. The second-order valence-electron chi connectivity index (χ2n) is 8.36. The van der Waals surface area contributed by atoms with Gasteiger partial charge in [0.1, 0.15) is 11.4 Å². The molecule has 2 aromatic heterocycles. The molecule has 0 radical (unpaired) electrons. The molecule has 0 spiro atoms. The first-order valence-corrected chi connectivity index (χ1v) is 10.8. The number of pyridine rings is 1. The zero-order valence-corrected chi connectivity index (χ0v) is 17.2. The normalized spacial score (nSPS) is 21.8. The molecule has 2 aliphatic rings. The number of fused-ring (bicyclic) bond motifs is 1. The van der Waals surface area contributed by atoms with E-state index in [0.717, 1.165) is 36.8 Å². The second kappa shape index (κ2) is 8.07. The van der Waals surface area contributed by atoms with Crippen molar-refractivity contribution in [1.82, 2.24) is 15.0 Å². The summed E-state index contributed by atoms with van der Waals surface area (Å²) >= 11 is 0. The molecule has 7 heteroatoms. The molecule has 1 saturated heterocycles. The molecule has 3 aromatic rings. The van der Waals surface area contributed by atoms with Gasteiger partial charge in [0.25, 0.3) is 5.56 Å². The minimum atomic E-state index is -0.164. The van der Waals surface area contributed by atoms with Crippen molar-refractivity contribution < 1.29 is 4.74 Å². The molecule has 2 atom stereocenters. The van der Waals surface area contributed by atoms with Gasteiger partial charge in [-0.1, -0.05) is 31.2 Å². The van der Waals surface area contributed by atoms with Crippen LogP contribution in [0.25, 0.3) is 22.2 Å². The van der Waals surface area contributed by atoms with Crippen LogP contribution < -0.4 is 15.8 Å². The predicted octanol–water partition coefficient (Wildman–Crippen LogP) is 3.42. The van der Waals surface area contributed by atoms with Gasteiger partial charge in [-0.25, -0.2) is 4.98 Å². The molecule has 5 rings (SSSR count). The Morgan fingerprint density at radius 3 is 2.73 bits per heavy atom. The molecule has 1 aromatic carbocycles. The van der Waals surface area contributed by atoms with Crippen LogP contribution in [0.5, 0.6) is 0 Å². The number of ether oxygens (including phenoxy) is 1. The van der Waals surface area contributed by atoms with Crippen LogP contribution in [-0.2, 0) is 4.74 Å². The van der Waals surface area contributed by atoms with E-state index in [1.807, 2.05) is 36.4 Å². The fourth-order valence-corrected chi connectivity index (χ4v) is 4.47. The molecule has 2 N–H and O–H groups in total. The Morgan fingerprint density at radius 1 is 1.10 bits per heavy atom. The number of H-pyrrole nitrogens is 1. The first-order chi connectivity index (χ1) is 14.7. The van der Waals surface area contributed by atoms with Crippen molar-refractivity contribution in [3.05, 3.63) is 46.8 Å². The van der Waals surface area contributed by atoms with Crippen LogP contribution in [-0.4, -0.2) is 47.3 Å². The zero-order chi connectivity index (χ0) is 20.5. The molecule has 2 unspecified atom stereocenters. The molecule has 3 heterocycles. The molecule has 0 amide bonds. The minimum Gasteiger partial charge on any atom is -0.378 e. The molecule has 30 heavy (non-hydrogen) atoms. The lowest BCUT2D eigenvalue weighted by molar-refractivity contribution is 0.122. The molecule has 1 saturated carbocycles. The Kier molecular flexibility index (Phi) is 5.12. The van der Waals surface area contributed by atoms with Gasteiger partial charge >= 0.3 is 0 Å². The van der Waals surface area contributed by atoms with E-state index in [1.54, 1.807) is 0 Å². The van der Waals surface area contributed by atoms with E-state index in [9.17, 15) is 4.79 Å². The lowest BCUT2D eigenvalue weighted by Gasteiger charge is -2.28. The lowest BCUT2D eigenvalue weighted by Crippen LogP contribution is -2.38. The van der Waals surface area contributed by atoms with Crippen molar-refractivity contribution in [2.45, 2.75) is 32.2 Å². The summed E-state index contributed by atoms with van der Waals surface area (Å²) < 4.78 is 5.45. The van der Waals surface area contributed by atoms with E-state index in [4.69, 9.17) is 14.7 Å². The summed E-state index contributed by atoms with van der Waals surface area (Å²) in [5.41, 5.74) is 1.86. The fraction of sp³-hybridized carbons (Fsp3) is 0.435. The Bertz CT molecular complexity index is 1110. The monoisotopic (exact) mass is 405 g/mol. The highest BCUT2D eigenvalue weighted by Gasteiger charge is 2.25. The van der Waals surface area contributed by atoms with E-state index in [2.05, 4.69) is 22.1 Å². The van der Waals surface area contributed by atoms with Crippen molar-refractivity contribution >= 4 is 22.7 Å². The average molecular weight is 406 g/mol. The van der Waals surface area contributed by atoms with Gasteiger partial charge in [0.15, 0.2) is 0 Å². The van der Waals surface area contributed by atoms with Crippen molar-refractivity contribution in [1.29, 1.82) is 0 Å². The first kappa shape index (κ1) is 19.1. The molecular formula is C23H27N5O2. The van der Waals surface area contributed by atoms with E-state index in [1.165, 1.54) is 6.42 Å². The van der Waals surface area contributed by atoms with Crippen LogP contribution >= 0.6 is 0 Å². The number of benzene rings is 1. The summed E-state index contributed by atoms with van der Waals surface area (Å²) in [5, 5.41) is 4.63. The number of nitrogens with zero attached hydrogens (tertiary/aromatic N) is 3. The SMILES string of the molecule is CC1CCC(Nc2nc(N3CCOCC3)[nH]c(=O)c2-c2ccc3ccccc3n2)C1. The van der Waals surface area contributed by atoms with Gasteiger partial charge in [-0.2, -0.15) is 4.98 Å². The number of morpholine rings is 1. The van der Waals surface area contributed by atoms with E-state index in [0.29, 0.717) is 48.2 Å². The molecule has 0 bridgehead atoms. The van der Waals surface area contributed by atoms with Gasteiger partial charge in [-0.05, 0) is 37.3 Å². The highest BCUT2D eigenvalue weighted by atomic mass is 16.5. The third-order valence-electron chi connectivity index (χ3n) is 6.11. The summed E-state index contributed by atoms with van der Waals surface area (Å²) in [6, 6.07) is 12.2. The van der Waals surface area contributed by atoms with E-state index < -0.39 is 0 Å². The number of aromatic amines is 1. The quantitative estimate of drug-likeness (QED) is 0.692. The Hall–Kier alpha value is -2.93. The van der Waals surface area contributed by atoms with Crippen molar-refractivity contribution in [2.24, 2.45) is 5.92 Å². The predicted molar refractivity (Wildman–Crippen MR) is 119 cm³/mol. The highest BCUT2D eigenvalue weighted by Crippen LogP contribution is 2.31. The molecule has 1 aliphatic heterocycles. The Morgan fingerprint density at radius 2 is 1.93 bits per heavy atom. The standard InChI is InChI=1S/C23H27N5O2/c1-15-6-8-17(14-15)24-21-20(19-9-7-16-4-2-3-5-18(16)25-19)22(29)27-23(26-21)28-10-12-30-13-11-28/h2-5,7,9,15,17H,6,8,10-14H2,1H3,(H2,24,26,27,29). The van der Waals surface area contributed by atoms with Crippen LogP contribution in [0.4, 0.5) is 11.8 Å². The van der Waals surface area contributed by atoms with Gasteiger partial charge in [0.05, 0.1) is 24.4 Å². The molecule has 7 nitrogen and oxygen atoms in total. The molecule has 1 aliphatic carbocycles. The number of anilines is 2. The first-order valence-electron chi connectivity index (χ1n) is 10.8. The van der Waals surface area contributed by atoms with Crippen LogP contribution in [0.3, 0.4) is 0 Å². The maximum atomic E-state index is 13.2. The highest BCUT2D eigenvalue weighted by molar-refractivity contribution is 5.83. The largest absolute Gasteiger partial charge is 0.378 e. The number of aromatic nitrogens is 3. The summed E-state index contributed by atoms with van der Waals surface area (Å²) in [5.74, 6) is 1.91. The van der Waals surface area contributed by atoms with Crippen LogP contribution in [0, 0.1) is 5.92 Å². The lowest BCUT2D eigenvalue weighted by atomic mass is 10.1. The number of nitrogens with one attached hydrogen (secondary N) is 2. The molecule has 156 valence electrons. The molecule has 2 fully saturated rings. The van der Waals surface area contributed by atoms with Crippen LogP contribution in [0.15, 0.2) is 41.2 Å². The van der Waals surface area contributed by atoms with Gasteiger partial charge in [-0.15, -0.1) is 0 Å². The fourth-order valence-electron chi connectivity index (χ4n) is 4.47. The number of para-hydroxylation sites is 1. The number of rotatable bonds is 4. The van der Waals surface area contributed by atoms with Crippen molar-refractivity contribution in [3.63, 3.8) is 0 Å². The smallest absolute Gasteiger partial charge is 0.263 e. The Labute approximate surface area is 175 Å². The molecular weight excluding hydrogens is 378 g/mol. The van der Waals surface area contributed by atoms with Crippen molar-refractivity contribution in [3.8, 4) is 11.3 Å². The maximum Gasteiger partial charge on any atom is 0.263 e. The maximum absolute atomic E-state index is 13.2. The summed E-state index contributed by atoms with van der Waals surface area (Å²) in [6.07, 6.45) is 3.37. The third kappa shape index (κ3) is 3.77. The number of hydrogen-bond acceptors (Lipinski definition) is 6. The van der Waals surface area contributed by atoms with Crippen LogP contribution in [0.1, 0.15) is 26.2 Å². The van der Waals surface area contributed by atoms with E-state index in [-0.39, 0.29) is 5.56 Å². The van der Waals surface area contributed by atoms with E-state index >= 15 is 0 Å². The van der Waals surface area contributed by atoms with Gasteiger partial charge in [0.2, 0.25) is 5.95 Å². The topological polar surface area (TPSA) is 83.1 Å². The van der Waals surface area contributed by atoms with Gasteiger partial charge < -0.3 is 15.0 Å². The van der Waals surface area contributed by atoms with Gasteiger partial charge in [-0.3, -0.25) is 9.78 Å². The summed E-state index contributed by atoms with van der Waals surface area (Å²) in [4.78, 5) is 27.9. The Balaban J connectivity index is 1.59. The third-order valence-corrected chi connectivity index (χ3v) is 6.11. The number of hydrogen-bond donors (Lipinski definition) is 2.